The molecule has 0 spiro atoms. The van der Waals surface area contributed by atoms with Gasteiger partial charge in [0.15, 0.2) is 0 Å². The summed E-state index contributed by atoms with van der Waals surface area (Å²) in [6.45, 7) is 3.02. The van der Waals surface area contributed by atoms with Crippen LogP contribution in [0.3, 0.4) is 0 Å². The molecule has 0 aliphatic carbocycles. The lowest BCUT2D eigenvalue weighted by molar-refractivity contribution is -0.384. The molecule has 0 bridgehead atoms. The Hall–Kier alpha value is -2.69. The van der Waals surface area contributed by atoms with Gasteiger partial charge >= 0.3 is 0 Å². The summed E-state index contributed by atoms with van der Waals surface area (Å²) in [7, 11) is 0. The summed E-state index contributed by atoms with van der Waals surface area (Å²) in [5, 5.41) is 16.6. The van der Waals surface area contributed by atoms with Gasteiger partial charge in [0, 0.05) is 30.5 Å². The van der Waals surface area contributed by atoms with E-state index in [2.05, 4.69) is 19.1 Å². The largest absolute Gasteiger partial charge is 0.269 e. The number of nitrogens with zero attached hydrogens (tertiary/aromatic N) is 3. The number of aryl methyl sites for hydroxylation is 1. The van der Waals surface area contributed by atoms with Gasteiger partial charge < -0.3 is 0 Å². The van der Waals surface area contributed by atoms with Crippen LogP contribution in [0.15, 0.2) is 48.5 Å². The van der Waals surface area contributed by atoms with E-state index in [1.165, 1.54) is 0 Å². The number of nitro groups is 1. The van der Waals surface area contributed by atoms with Gasteiger partial charge in [0.2, 0.25) is 0 Å². The lowest BCUT2D eigenvalue weighted by Gasteiger charge is -1.99. The van der Waals surface area contributed by atoms with Gasteiger partial charge in [-0.05, 0) is 18.1 Å². The van der Waals surface area contributed by atoms with Crippen molar-refractivity contribution in [1.29, 1.82) is 0 Å². The van der Waals surface area contributed by atoms with Gasteiger partial charge in [-0.3, -0.25) is 14.8 Å². The average Bonchev–Trinajstić information content (AvgIpc) is 2.87. The van der Waals surface area contributed by atoms with E-state index >= 15 is 0 Å². The zero-order valence-electron chi connectivity index (χ0n) is 12.4. The molecule has 5 nitrogen and oxygen atoms in total. The van der Waals surface area contributed by atoms with Gasteiger partial charge in [-0.2, -0.15) is 5.10 Å². The Balaban J connectivity index is 1.94. The van der Waals surface area contributed by atoms with Crippen LogP contribution in [0.1, 0.15) is 24.6 Å². The third-order valence-electron chi connectivity index (χ3n) is 3.69. The molecule has 22 heavy (non-hydrogen) atoms. The van der Waals surface area contributed by atoms with Gasteiger partial charge in [0.1, 0.15) is 0 Å². The van der Waals surface area contributed by atoms with E-state index in [0.717, 1.165) is 35.1 Å². The highest BCUT2D eigenvalue weighted by Gasteiger charge is 2.11. The minimum absolute atomic E-state index is 0.116. The van der Waals surface area contributed by atoms with Crippen molar-refractivity contribution in [2.75, 3.05) is 0 Å². The number of nitro benzene ring substituents is 1. The minimum Gasteiger partial charge on any atom is -0.265 e. The lowest BCUT2D eigenvalue weighted by atomic mass is 10.1. The molecule has 0 fully saturated rings. The normalized spacial score (nSPS) is 11.0. The molecule has 3 aromatic rings. The topological polar surface area (TPSA) is 61.0 Å². The molecule has 0 saturated heterocycles. The maximum absolute atomic E-state index is 10.7. The maximum atomic E-state index is 10.7. The fourth-order valence-corrected chi connectivity index (χ4v) is 2.64. The highest BCUT2D eigenvalue weighted by atomic mass is 16.6. The second-order valence-corrected chi connectivity index (χ2v) is 5.29. The quantitative estimate of drug-likeness (QED) is 0.529. The Labute approximate surface area is 128 Å². The average molecular weight is 295 g/mol. The van der Waals surface area contributed by atoms with Crippen molar-refractivity contribution >= 4 is 16.6 Å². The molecule has 3 rings (SSSR count). The van der Waals surface area contributed by atoms with Gasteiger partial charge in [-0.25, -0.2) is 0 Å². The summed E-state index contributed by atoms with van der Waals surface area (Å²) < 4.78 is 2.04. The van der Waals surface area contributed by atoms with E-state index in [1.54, 1.807) is 24.3 Å². The molecule has 112 valence electrons. The van der Waals surface area contributed by atoms with E-state index in [4.69, 9.17) is 5.10 Å². The predicted octanol–water partition coefficient (Wildman–Crippen LogP) is 3.95. The van der Waals surface area contributed by atoms with Crippen LogP contribution in [-0.4, -0.2) is 14.7 Å². The molecule has 1 heterocycles. The summed E-state index contributed by atoms with van der Waals surface area (Å²) in [4.78, 5) is 10.3. The minimum atomic E-state index is -0.380. The number of non-ortho nitro benzene ring substituents is 1. The molecule has 0 radical (unpaired) electrons. The summed E-state index contributed by atoms with van der Waals surface area (Å²) in [5.41, 5.74) is 3.29. The molecule has 1 aromatic heterocycles. The molecule has 5 heteroatoms. The molecular weight excluding hydrogens is 278 g/mol. The fraction of sp³-hybridized carbons (Fsp3) is 0.235. The molecule has 0 amide bonds. The highest BCUT2D eigenvalue weighted by Crippen LogP contribution is 2.22. The fourth-order valence-electron chi connectivity index (χ4n) is 2.64. The number of hydrogen-bond acceptors (Lipinski definition) is 3. The zero-order chi connectivity index (χ0) is 15.5. The first kappa shape index (κ1) is 14.3. The van der Waals surface area contributed by atoms with E-state index in [1.807, 2.05) is 16.8 Å². The highest BCUT2D eigenvalue weighted by molar-refractivity contribution is 5.82. The lowest BCUT2D eigenvalue weighted by Crippen LogP contribution is -1.99. The van der Waals surface area contributed by atoms with Crippen LogP contribution in [0.2, 0.25) is 0 Å². The molecule has 0 unspecified atom stereocenters. The summed E-state index contributed by atoms with van der Waals surface area (Å²) in [5.74, 6) is 0. The van der Waals surface area contributed by atoms with Crippen LogP contribution in [0.4, 0.5) is 5.69 Å². The van der Waals surface area contributed by atoms with Crippen LogP contribution in [-0.2, 0) is 13.0 Å². The molecule has 0 saturated carbocycles. The molecule has 0 aliphatic heterocycles. The van der Waals surface area contributed by atoms with Crippen molar-refractivity contribution < 1.29 is 4.92 Å². The number of fused-ring (bicyclic) bond motifs is 1. The second-order valence-electron chi connectivity index (χ2n) is 5.29. The van der Waals surface area contributed by atoms with Crippen molar-refractivity contribution in [3.8, 4) is 0 Å². The number of benzene rings is 2. The van der Waals surface area contributed by atoms with Gasteiger partial charge in [-0.15, -0.1) is 0 Å². The van der Waals surface area contributed by atoms with E-state index in [9.17, 15) is 10.1 Å². The molecule has 0 N–H and O–H groups in total. The third kappa shape index (κ3) is 2.70. The van der Waals surface area contributed by atoms with Crippen LogP contribution in [0.5, 0.6) is 0 Å². The van der Waals surface area contributed by atoms with Crippen molar-refractivity contribution in [3.05, 3.63) is 69.9 Å². The molecule has 2 aromatic carbocycles. The third-order valence-corrected chi connectivity index (χ3v) is 3.69. The summed E-state index contributed by atoms with van der Waals surface area (Å²) in [6.07, 6.45) is 1.71. The van der Waals surface area contributed by atoms with Crippen LogP contribution >= 0.6 is 0 Å². The standard InChI is InChI=1S/C17H17N3O2/c1-2-11-19-17-6-4-3-5-15(17)16(18-19)12-13-7-9-14(10-8-13)20(21)22/h3-10H,2,11-12H2,1H3. The number of aromatic nitrogens is 2. The Morgan fingerprint density at radius 2 is 1.86 bits per heavy atom. The Bertz CT molecular complexity index is 806. The van der Waals surface area contributed by atoms with E-state index < -0.39 is 0 Å². The summed E-state index contributed by atoms with van der Waals surface area (Å²) >= 11 is 0. The van der Waals surface area contributed by atoms with Crippen LogP contribution in [0.25, 0.3) is 10.9 Å². The smallest absolute Gasteiger partial charge is 0.265 e. The first-order valence-corrected chi connectivity index (χ1v) is 7.37. The van der Waals surface area contributed by atoms with Crippen LogP contribution in [0, 0.1) is 10.1 Å². The second kappa shape index (κ2) is 5.97. The number of hydrogen-bond donors (Lipinski definition) is 0. The Morgan fingerprint density at radius 1 is 1.14 bits per heavy atom. The first-order valence-electron chi connectivity index (χ1n) is 7.37. The monoisotopic (exact) mass is 295 g/mol. The predicted molar refractivity (Wildman–Crippen MR) is 85.9 cm³/mol. The van der Waals surface area contributed by atoms with Crippen LogP contribution < -0.4 is 0 Å². The van der Waals surface area contributed by atoms with Crippen molar-refractivity contribution in [2.24, 2.45) is 0 Å². The number of rotatable bonds is 5. The SMILES string of the molecule is CCCn1nc(Cc2ccc([N+](=O)[O-])cc2)c2ccccc21. The zero-order valence-corrected chi connectivity index (χ0v) is 12.4. The van der Waals surface area contributed by atoms with Crippen molar-refractivity contribution in [3.63, 3.8) is 0 Å². The Kier molecular flexibility index (Phi) is 3.87. The van der Waals surface area contributed by atoms with Gasteiger partial charge in [0.25, 0.3) is 5.69 Å². The van der Waals surface area contributed by atoms with Crippen molar-refractivity contribution in [1.82, 2.24) is 9.78 Å². The summed E-state index contributed by atoms with van der Waals surface area (Å²) in [6, 6.07) is 14.9. The Morgan fingerprint density at radius 3 is 2.55 bits per heavy atom. The van der Waals surface area contributed by atoms with E-state index in [-0.39, 0.29) is 10.6 Å². The van der Waals surface area contributed by atoms with Crippen molar-refractivity contribution in [2.45, 2.75) is 26.3 Å². The number of para-hydroxylation sites is 1. The van der Waals surface area contributed by atoms with Gasteiger partial charge in [-0.1, -0.05) is 37.3 Å². The van der Waals surface area contributed by atoms with Gasteiger partial charge in [0.05, 0.1) is 16.1 Å². The van der Waals surface area contributed by atoms with E-state index in [0.29, 0.717) is 6.42 Å². The first-order chi connectivity index (χ1) is 10.7. The molecular formula is C17H17N3O2. The molecule has 0 aliphatic rings. The molecule has 0 atom stereocenters. The maximum Gasteiger partial charge on any atom is 0.269 e.